The van der Waals surface area contributed by atoms with Gasteiger partial charge in [0, 0.05) is 61.7 Å². The molecule has 9 aromatic carbocycles. The molecule has 3 aliphatic rings. The Labute approximate surface area is 399 Å². The molecule has 2 unspecified atom stereocenters. The first-order chi connectivity index (χ1) is 34.2. The van der Waals surface area contributed by atoms with E-state index in [0.717, 1.165) is 61.5 Å². The van der Waals surface area contributed by atoms with E-state index >= 15 is 0 Å². The maximum Gasteiger partial charge on any atom is 0.164 e. The summed E-state index contributed by atoms with van der Waals surface area (Å²) in [5, 5.41) is 2.35. The van der Waals surface area contributed by atoms with E-state index in [1.165, 1.54) is 44.2 Å². The fourth-order valence-electron chi connectivity index (χ4n) is 11.0. The van der Waals surface area contributed by atoms with Crippen LogP contribution in [-0.2, 0) is 0 Å². The van der Waals surface area contributed by atoms with E-state index in [4.69, 9.17) is 24.9 Å². The van der Waals surface area contributed by atoms with E-state index in [9.17, 15) is 0 Å². The lowest BCUT2D eigenvalue weighted by molar-refractivity contribution is 0.754. The van der Waals surface area contributed by atoms with Crippen LogP contribution in [0.15, 0.2) is 231 Å². The standard InChI is InChI=1S/C63H40N6/c1-5-18-39(19-6-1)60-64-53(38-54(65-60)49-29-17-31-56-59(49)50-28-15-16-30-55(50)69(56)44-24-11-4-12-25-44)42-32-34-47-51(36-42)57-45-26-13-14-27-46(45)58(47)52-37-43(33-35-48(52)57)63-67-61(40-20-7-2-8-21-40)66-62(68-63)41-22-9-3-10-23-41/h1-38,57-58H. The molecule has 0 aliphatic heterocycles. The number of benzene rings is 9. The highest BCUT2D eigenvalue weighted by atomic mass is 15.0. The summed E-state index contributed by atoms with van der Waals surface area (Å²) in [6.07, 6.45) is 0. The SMILES string of the molecule is c1ccc(-c2nc(-c3ccc4c(c3)C3c5ccccc5C4c4cc(-c5nc(-c6ccccc6)nc(-c6ccccc6)n5)ccc43)cc(-c3cccc4c3c3ccccc3n4-c3ccccc3)n2)cc1. The summed E-state index contributed by atoms with van der Waals surface area (Å²) in [5.41, 5.74) is 19.1. The Balaban J connectivity index is 0.919. The number of para-hydroxylation sites is 2. The van der Waals surface area contributed by atoms with Gasteiger partial charge in [0.1, 0.15) is 0 Å². The Morgan fingerprint density at radius 1 is 0.290 bits per heavy atom. The predicted molar refractivity (Wildman–Crippen MR) is 277 cm³/mol. The first-order valence-corrected chi connectivity index (χ1v) is 23.5. The number of fused-ring (bicyclic) bond motifs is 3. The monoisotopic (exact) mass is 880 g/mol. The van der Waals surface area contributed by atoms with Gasteiger partial charge in [-0.25, -0.2) is 24.9 Å². The van der Waals surface area contributed by atoms with Gasteiger partial charge in [-0.2, -0.15) is 0 Å². The van der Waals surface area contributed by atoms with Gasteiger partial charge in [-0.15, -0.1) is 0 Å². The minimum atomic E-state index is 0.0367. The number of hydrogen-bond donors (Lipinski definition) is 0. The molecule has 322 valence electrons. The largest absolute Gasteiger partial charge is 0.309 e. The maximum atomic E-state index is 5.37. The van der Waals surface area contributed by atoms with Crippen molar-refractivity contribution in [2.24, 2.45) is 0 Å². The van der Waals surface area contributed by atoms with Crippen molar-refractivity contribution in [2.75, 3.05) is 0 Å². The van der Waals surface area contributed by atoms with Crippen LogP contribution >= 0.6 is 0 Å². The van der Waals surface area contributed by atoms with E-state index in [0.29, 0.717) is 23.3 Å². The van der Waals surface area contributed by atoms with E-state index in [1.54, 1.807) is 0 Å². The van der Waals surface area contributed by atoms with Crippen LogP contribution in [0.4, 0.5) is 0 Å². The normalized spacial score (nSPS) is 14.4. The number of aromatic nitrogens is 6. The fraction of sp³-hybridized carbons (Fsp3) is 0.0317. The molecule has 3 heterocycles. The smallest absolute Gasteiger partial charge is 0.164 e. The molecule has 2 atom stereocenters. The van der Waals surface area contributed by atoms with Crippen LogP contribution in [0.5, 0.6) is 0 Å². The summed E-state index contributed by atoms with van der Waals surface area (Å²) >= 11 is 0. The molecule has 3 aliphatic carbocycles. The molecular formula is C63H40N6. The quantitative estimate of drug-likeness (QED) is 0.159. The number of hydrogen-bond acceptors (Lipinski definition) is 5. The third-order valence-electron chi connectivity index (χ3n) is 14.0. The molecular weight excluding hydrogens is 841 g/mol. The van der Waals surface area contributed by atoms with E-state index in [2.05, 4.69) is 193 Å². The minimum Gasteiger partial charge on any atom is -0.309 e. The predicted octanol–water partition coefficient (Wildman–Crippen LogP) is 14.7. The van der Waals surface area contributed by atoms with Gasteiger partial charge in [-0.1, -0.05) is 188 Å². The maximum absolute atomic E-state index is 5.37. The van der Waals surface area contributed by atoms with Gasteiger partial charge >= 0.3 is 0 Å². The molecule has 12 aromatic rings. The van der Waals surface area contributed by atoms with Gasteiger partial charge in [0.15, 0.2) is 23.3 Å². The van der Waals surface area contributed by atoms with Crippen molar-refractivity contribution in [1.29, 1.82) is 0 Å². The second kappa shape index (κ2) is 15.8. The molecule has 0 N–H and O–H groups in total. The number of rotatable bonds is 7. The summed E-state index contributed by atoms with van der Waals surface area (Å²) in [6, 6.07) is 81.6. The summed E-state index contributed by atoms with van der Waals surface area (Å²) in [6.45, 7) is 0. The van der Waals surface area contributed by atoms with Crippen molar-refractivity contribution in [3.05, 3.63) is 264 Å². The third-order valence-corrected chi connectivity index (χ3v) is 14.0. The molecule has 0 amide bonds. The van der Waals surface area contributed by atoms with Gasteiger partial charge < -0.3 is 4.57 Å². The average Bonchev–Trinajstić information content (AvgIpc) is 3.78. The Hall–Kier alpha value is -9.13. The summed E-state index contributed by atoms with van der Waals surface area (Å²) in [5.74, 6) is 2.73. The Kier molecular flexibility index (Phi) is 8.92. The first-order valence-electron chi connectivity index (χ1n) is 23.5. The highest BCUT2D eigenvalue weighted by Gasteiger charge is 2.41. The van der Waals surface area contributed by atoms with E-state index in [1.807, 2.05) is 42.5 Å². The molecule has 0 radical (unpaired) electrons. The molecule has 0 fully saturated rings. The highest BCUT2D eigenvalue weighted by molar-refractivity contribution is 6.15. The lowest BCUT2D eigenvalue weighted by Gasteiger charge is -2.42. The minimum absolute atomic E-state index is 0.0367. The van der Waals surface area contributed by atoms with Crippen LogP contribution in [-0.4, -0.2) is 29.5 Å². The Morgan fingerprint density at radius 2 is 0.739 bits per heavy atom. The van der Waals surface area contributed by atoms with Crippen molar-refractivity contribution < 1.29 is 0 Å². The van der Waals surface area contributed by atoms with Crippen LogP contribution in [0.3, 0.4) is 0 Å². The zero-order valence-corrected chi connectivity index (χ0v) is 37.3. The van der Waals surface area contributed by atoms with Gasteiger partial charge in [-0.3, -0.25) is 0 Å². The summed E-state index contributed by atoms with van der Waals surface area (Å²) in [7, 11) is 0. The van der Waals surface area contributed by atoms with Gasteiger partial charge in [0.2, 0.25) is 0 Å². The highest BCUT2D eigenvalue weighted by Crippen LogP contribution is 2.57. The third kappa shape index (κ3) is 6.37. The van der Waals surface area contributed by atoms with Crippen LogP contribution < -0.4 is 0 Å². The van der Waals surface area contributed by atoms with Crippen molar-refractivity contribution >= 4 is 21.8 Å². The second-order valence-corrected chi connectivity index (χ2v) is 17.9. The topological polar surface area (TPSA) is 69.4 Å². The molecule has 15 rings (SSSR count). The average molecular weight is 881 g/mol. The zero-order chi connectivity index (χ0) is 45.4. The van der Waals surface area contributed by atoms with Crippen LogP contribution in [0.25, 0.3) is 95.6 Å². The summed E-state index contributed by atoms with van der Waals surface area (Å²) in [4.78, 5) is 25.9. The summed E-state index contributed by atoms with van der Waals surface area (Å²) < 4.78 is 2.36. The van der Waals surface area contributed by atoms with Crippen LogP contribution in [0, 0.1) is 0 Å². The van der Waals surface area contributed by atoms with Gasteiger partial charge in [0.05, 0.1) is 22.4 Å². The van der Waals surface area contributed by atoms with Crippen molar-refractivity contribution in [3.8, 4) is 73.8 Å². The molecule has 0 spiro atoms. The first kappa shape index (κ1) is 39.1. The zero-order valence-electron chi connectivity index (χ0n) is 37.3. The second-order valence-electron chi connectivity index (χ2n) is 17.9. The molecule has 6 nitrogen and oxygen atoms in total. The van der Waals surface area contributed by atoms with Gasteiger partial charge in [-0.05, 0) is 75.8 Å². The van der Waals surface area contributed by atoms with Crippen LogP contribution in [0.1, 0.15) is 45.2 Å². The van der Waals surface area contributed by atoms with Gasteiger partial charge in [0.25, 0.3) is 0 Å². The molecule has 0 saturated carbocycles. The molecule has 6 heteroatoms. The Bertz CT molecular complexity index is 3900. The fourth-order valence-corrected chi connectivity index (χ4v) is 11.0. The molecule has 3 aromatic heterocycles. The van der Waals surface area contributed by atoms with E-state index in [-0.39, 0.29) is 11.8 Å². The number of nitrogens with zero attached hydrogens (tertiary/aromatic N) is 6. The van der Waals surface area contributed by atoms with Crippen LogP contribution in [0.2, 0.25) is 0 Å². The Morgan fingerprint density at radius 3 is 1.35 bits per heavy atom. The van der Waals surface area contributed by atoms with Crippen molar-refractivity contribution in [3.63, 3.8) is 0 Å². The molecule has 2 bridgehead atoms. The molecule has 0 saturated heterocycles. The van der Waals surface area contributed by atoms with Crippen molar-refractivity contribution in [2.45, 2.75) is 11.8 Å². The van der Waals surface area contributed by atoms with E-state index < -0.39 is 0 Å². The lowest BCUT2D eigenvalue weighted by atomic mass is 9.60. The van der Waals surface area contributed by atoms with Crippen molar-refractivity contribution in [1.82, 2.24) is 29.5 Å². The lowest BCUT2D eigenvalue weighted by Crippen LogP contribution is -2.27. The molecule has 69 heavy (non-hydrogen) atoms.